The van der Waals surface area contributed by atoms with E-state index in [0.29, 0.717) is 10.6 Å². The molecule has 0 aliphatic carbocycles. The van der Waals surface area contributed by atoms with Crippen molar-refractivity contribution in [3.8, 4) is 0 Å². The first-order valence-corrected chi connectivity index (χ1v) is 6.26. The second-order valence-electron chi connectivity index (χ2n) is 4.36. The number of fused-ring (bicyclic) bond motifs is 1. The predicted molar refractivity (Wildman–Crippen MR) is 70.3 cm³/mol. The number of hydrogen-bond donors (Lipinski definition) is 2. The van der Waals surface area contributed by atoms with Crippen LogP contribution in [0.5, 0.6) is 0 Å². The number of carbonyl (C=O) groups excluding carboxylic acids is 1. The number of rotatable bonds is 2. The highest BCUT2D eigenvalue weighted by Crippen LogP contribution is 2.35. The molecule has 0 fully saturated rings. The van der Waals surface area contributed by atoms with Gasteiger partial charge in [0.2, 0.25) is 0 Å². The summed E-state index contributed by atoms with van der Waals surface area (Å²) in [6, 6.07) is 0.103. The van der Waals surface area contributed by atoms with Crippen LogP contribution in [0.4, 0.5) is 5.69 Å². The molecule has 17 heavy (non-hydrogen) atoms. The molecule has 6 heteroatoms. The number of hydrogen-bond acceptors (Lipinski definition) is 4. The normalized spacial score (nSPS) is 11.4. The predicted octanol–water partition coefficient (Wildman–Crippen LogP) is 1.66. The van der Waals surface area contributed by atoms with E-state index in [2.05, 4.69) is 10.4 Å². The molecule has 0 spiro atoms. The van der Waals surface area contributed by atoms with Crippen LogP contribution in [0, 0.1) is 6.92 Å². The Bertz CT molecular complexity index is 582. The van der Waals surface area contributed by atoms with Gasteiger partial charge in [0.05, 0.1) is 16.8 Å². The van der Waals surface area contributed by atoms with Crippen LogP contribution in [0.25, 0.3) is 10.2 Å². The Morgan fingerprint density at radius 1 is 1.53 bits per heavy atom. The molecule has 0 aromatic carbocycles. The number of thiophene rings is 1. The molecule has 0 unspecified atom stereocenters. The number of aryl methyl sites for hydroxylation is 2. The van der Waals surface area contributed by atoms with Crippen LogP contribution in [-0.4, -0.2) is 21.7 Å². The molecule has 3 N–H and O–H groups in total. The summed E-state index contributed by atoms with van der Waals surface area (Å²) < 4.78 is 1.76. The summed E-state index contributed by atoms with van der Waals surface area (Å²) in [5.74, 6) is -0.113. The number of nitrogens with two attached hydrogens (primary N) is 1. The molecule has 0 saturated carbocycles. The zero-order valence-corrected chi connectivity index (χ0v) is 11.2. The Balaban J connectivity index is 2.53. The number of nitrogens with zero attached hydrogens (tertiary/aromatic N) is 2. The molecule has 1 amide bonds. The minimum atomic E-state index is -0.113. The third-order valence-corrected chi connectivity index (χ3v) is 3.78. The highest BCUT2D eigenvalue weighted by molar-refractivity contribution is 7.21. The second kappa shape index (κ2) is 4.03. The summed E-state index contributed by atoms with van der Waals surface area (Å²) in [5, 5.41) is 8.03. The molecule has 0 aliphatic rings. The Morgan fingerprint density at radius 2 is 2.18 bits per heavy atom. The standard InChI is InChI=1S/C11H16N4OS/c1-5(2)13-10(16)9-8(12)7-6(3)14-15(4)11(7)17-9/h5H,12H2,1-4H3,(H,13,16). The summed E-state index contributed by atoms with van der Waals surface area (Å²) in [5.41, 5.74) is 7.42. The van der Waals surface area contributed by atoms with Crippen LogP contribution in [0.15, 0.2) is 0 Å². The maximum absolute atomic E-state index is 12.0. The topological polar surface area (TPSA) is 72.9 Å². The van der Waals surface area contributed by atoms with Gasteiger partial charge < -0.3 is 11.1 Å². The highest BCUT2D eigenvalue weighted by atomic mass is 32.1. The smallest absolute Gasteiger partial charge is 0.263 e. The number of aromatic nitrogens is 2. The summed E-state index contributed by atoms with van der Waals surface area (Å²) >= 11 is 1.38. The van der Waals surface area contributed by atoms with Crippen molar-refractivity contribution in [2.24, 2.45) is 7.05 Å². The van der Waals surface area contributed by atoms with Crippen LogP contribution in [0.3, 0.4) is 0 Å². The van der Waals surface area contributed by atoms with Crippen LogP contribution in [0.2, 0.25) is 0 Å². The maximum Gasteiger partial charge on any atom is 0.263 e. The molecule has 2 aromatic heterocycles. The van der Waals surface area contributed by atoms with Gasteiger partial charge in [0.25, 0.3) is 5.91 Å². The van der Waals surface area contributed by atoms with Gasteiger partial charge in [-0.25, -0.2) is 0 Å². The van der Waals surface area contributed by atoms with Crippen molar-refractivity contribution >= 4 is 33.1 Å². The van der Waals surface area contributed by atoms with Crippen molar-refractivity contribution in [2.45, 2.75) is 26.8 Å². The lowest BCUT2D eigenvalue weighted by Crippen LogP contribution is -2.29. The summed E-state index contributed by atoms with van der Waals surface area (Å²) in [6.07, 6.45) is 0. The fraction of sp³-hybridized carbons (Fsp3) is 0.455. The van der Waals surface area contributed by atoms with Crippen molar-refractivity contribution in [1.82, 2.24) is 15.1 Å². The van der Waals surface area contributed by atoms with Crippen molar-refractivity contribution in [2.75, 3.05) is 5.73 Å². The largest absolute Gasteiger partial charge is 0.397 e. The summed E-state index contributed by atoms with van der Waals surface area (Å²) in [6.45, 7) is 5.75. The quantitative estimate of drug-likeness (QED) is 0.853. The van der Waals surface area contributed by atoms with Crippen LogP contribution in [0.1, 0.15) is 29.2 Å². The molecule has 0 saturated heterocycles. The van der Waals surface area contributed by atoms with Gasteiger partial charge in [0, 0.05) is 13.1 Å². The Kier molecular flexibility index (Phi) is 2.82. The molecule has 0 bridgehead atoms. The lowest BCUT2D eigenvalue weighted by atomic mass is 10.2. The van der Waals surface area contributed by atoms with E-state index in [1.807, 2.05) is 27.8 Å². The lowest BCUT2D eigenvalue weighted by Gasteiger charge is -2.07. The molecule has 0 aliphatic heterocycles. The van der Waals surface area contributed by atoms with Crippen molar-refractivity contribution in [3.63, 3.8) is 0 Å². The first-order chi connectivity index (χ1) is 7.91. The molecule has 2 rings (SSSR count). The van der Waals surface area contributed by atoms with Gasteiger partial charge in [0.1, 0.15) is 9.71 Å². The third-order valence-electron chi connectivity index (χ3n) is 2.51. The fourth-order valence-corrected chi connectivity index (χ4v) is 2.92. The van der Waals surface area contributed by atoms with Crippen molar-refractivity contribution in [1.29, 1.82) is 0 Å². The Labute approximate surface area is 104 Å². The van der Waals surface area contributed by atoms with Crippen LogP contribution < -0.4 is 11.1 Å². The minimum absolute atomic E-state index is 0.103. The van der Waals surface area contributed by atoms with Gasteiger partial charge in [-0.2, -0.15) is 5.10 Å². The van der Waals surface area contributed by atoms with Gasteiger partial charge in [-0.1, -0.05) is 0 Å². The monoisotopic (exact) mass is 252 g/mol. The molecule has 0 radical (unpaired) electrons. The molecule has 5 nitrogen and oxygen atoms in total. The summed E-state index contributed by atoms with van der Waals surface area (Å²) in [7, 11) is 1.86. The van der Waals surface area contributed by atoms with E-state index in [1.165, 1.54) is 11.3 Å². The SMILES string of the molecule is Cc1nn(C)c2sc(C(=O)NC(C)C)c(N)c12. The first kappa shape index (κ1) is 11.9. The number of carbonyl (C=O) groups is 1. The lowest BCUT2D eigenvalue weighted by molar-refractivity contribution is 0.0948. The fourth-order valence-electron chi connectivity index (χ4n) is 1.83. The minimum Gasteiger partial charge on any atom is -0.397 e. The van der Waals surface area contributed by atoms with Gasteiger partial charge in [-0.15, -0.1) is 11.3 Å². The maximum atomic E-state index is 12.0. The average molecular weight is 252 g/mol. The first-order valence-electron chi connectivity index (χ1n) is 5.44. The van der Waals surface area contributed by atoms with E-state index in [9.17, 15) is 4.79 Å². The number of nitrogen functional groups attached to an aromatic ring is 1. The molecule has 2 heterocycles. The second-order valence-corrected chi connectivity index (χ2v) is 5.36. The molecule has 0 atom stereocenters. The van der Waals surface area contributed by atoms with Crippen LogP contribution in [-0.2, 0) is 7.05 Å². The summed E-state index contributed by atoms with van der Waals surface area (Å²) in [4.78, 5) is 13.5. The van der Waals surface area contributed by atoms with E-state index in [1.54, 1.807) is 4.68 Å². The van der Waals surface area contributed by atoms with Gasteiger partial charge in [0.15, 0.2) is 0 Å². The number of nitrogens with one attached hydrogen (secondary N) is 1. The van der Waals surface area contributed by atoms with Gasteiger partial charge in [-0.3, -0.25) is 9.48 Å². The van der Waals surface area contributed by atoms with E-state index in [-0.39, 0.29) is 11.9 Å². The zero-order chi connectivity index (χ0) is 12.7. The number of anilines is 1. The van der Waals surface area contributed by atoms with E-state index in [0.717, 1.165) is 15.9 Å². The Morgan fingerprint density at radius 3 is 2.71 bits per heavy atom. The van der Waals surface area contributed by atoms with E-state index in [4.69, 9.17) is 5.73 Å². The van der Waals surface area contributed by atoms with E-state index < -0.39 is 0 Å². The third kappa shape index (κ3) is 1.88. The highest BCUT2D eigenvalue weighted by Gasteiger charge is 2.20. The average Bonchev–Trinajstić information content (AvgIpc) is 2.67. The van der Waals surface area contributed by atoms with Crippen LogP contribution >= 0.6 is 11.3 Å². The molecule has 2 aromatic rings. The molecular weight excluding hydrogens is 236 g/mol. The van der Waals surface area contributed by atoms with Crippen molar-refractivity contribution in [3.05, 3.63) is 10.6 Å². The number of amides is 1. The van der Waals surface area contributed by atoms with Gasteiger partial charge >= 0.3 is 0 Å². The molecule has 92 valence electrons. The van der Waals surface area contributed by atoms with Gasteiger partial charge in [-0.05, 0) is 20.8 Å². The zero-order valence-electron chi connectivity index (χ0n) is 10.4. The Hall–Kier alpha value is -1.56. The van der Waals surface area contributed by atoms with Crippen molar-refractivity contribution < 1.29 is 4.79 Å². The molecular formula is C11H16N4OS. The van der Waals surface area contributed by atoms with E-state index >= 15 is 0 Å².